The summed E-state index contributed by atoms with van der Waals surface area (Å²) in [5.41, 5.74) is 5.64. The van der Waals surface area contributed by atoms with Crippen molar-refractivity contribution in [2.75, 3.05) is 25.4 Å². The predicted molar refractivity (Wildman–Crippen MR) is 80.4 cm³/mol. The average Bonchev–Trinajstić information content (AvgIpc) is 2.85. The minimum Gasteiger partial charge on any atom is -0.375 e. The third-order valence-electron chi connectivity index (χ3n) is 4.30. The zero-order chi connectivity index (χ0) is 13.9. The SMILES string of the molecule is Nc1ncc(CN2CCN(C3CCCCC3)C(=O)C2)s1. The number of aromatic nitrogens is 1. The molecule has 1 amide bonds. The molecule has 0 spiro atoms. The van der Waals surface area contributed by atoms with Gasteiger partial charge in [-0.1, -0.05) is 19.3 Å². The third kappa shape index (κ3) is 3.12. The first-order valence-electron chi connectivity index (χ1n) is 7.44. The van der Waals surface area contributed by atoms with Gasteiger partial charge in [-0.2, -0.15) is 0 Å². The van der Waals surface area contributed by atoms with Crippen LogP contribution in [0.1, 0.15) is 37.0 Å². The molecule has 1 aliphatic carbocycles. The Bertz CT molecular complexity index is 469. The van der Waals surface area contributed by atoms with E-state index in [1.807, 2.05) is 6.20 Å². The normalized spacial score (nSPS) is 22.4. The molecule has 2 fully saturated rings. The second kappa shape index (κ2) is 6.10. The number of hydrogen-bond donors (Lipinski definition) is 1. The highest BCUT2D eigenvalue weighted by Crippen LogP contribution is 2.25. The Morgan fingerprint density at radius 1 is 1.30 bits per heavy atom. The predicted octanol–water partition coefficient (Wildman–Crippen LogP) is 1.70. The number of nitrogens with two attached hydrogens (primary N) is 1. The van der Waals surface area contributed by atoms with Crippen molar-refractivity contribution in [1.29, 1.82) is 0 Å². The lowest BCUT2D eigenvalue weighted by molar-refractivity contribution is -0.139. The van der Waals surface area contributed by atoms with Gasteiger partial charge in [0.05, 0.1) is 6.54 Å². The number of thiazole rings is 1. The Hall–Kier alpha value is -1.14. The fourth-order valence-electron chi connectivity index (χ4n) is 3.27. The molecule has 2 N–H and O–H groups in total. The van der Waals surface area contributed by atoms with Gasteiger partial charge in [0.25, 0.3) is 0 Å². The van der Waals surface area contributed by atoms with Crippen molar-refractivity contribution in [3.8, 4) is 0 Å². The molecule has 3 rings (SSSR count). The fourth-order valence-corrected chi connectivity index (χ4v) is 3.99. The van der Waals surface area contributed by atoms with Crippen LogP contribution in [0.2, 0.25) is 0 Å². The van der Waals surface area contributed by atoms with Crippen molar-refractivity contribution in [3.63, 3.8) is 0 Å². The molecule has 0 unspecified atom stereocenters. The van der Waals surface area contributed by atoms with E-state index < -0.39 is 0 Å². The standard InChI is InChI=1S/C14H22N4OS/c15-14-16-8-12(20-14)9-17-6-7-18(13(19)10-17)11-4-2-1-3-5-11/h8,11H,1-7,9-10H2,(H2,15,16). The lowest BCUT2D eigenvalue weighted by Gasteiger charge is -2.40. The molecule has 5 nitrogen and oxygen atoms in total. The fraction of sp³-hybridized carbons (Fsp3) is 0.714. The highest BCUT2D eigenvalue weighted by molar-refractivity contribution is 7.15. The molecule has 0 atom stereocenters. The molecule has 1 saturated carbocycles. The van der Waals surface area contributed by atoms with Crippen LogP contribution < -0.4 is 5.73 Å². The molecule has 6 heteroatoms. The van der Waals surface area contributed by atoms with Gasteiger partial charge in [-0.15, -0.1) is 11.3 Å². The van der Waals surface area contributed by atoms with Crippen LogP contribution in [0.4, 0.5) is 5.13 Å². The van der Waals surface area contributed by atoms with E-state index in [4.69, 9.17) is 5.73 Å². The third-order valence-corrected chi connectivity index (χ3v) is 5.11. The van der Waals surface area contributed by atoms with Crippen molar-refractivity contribution in [1.82, 2.24) is 14.8 Å². The average molecular weight is 294 g/mol. The van der Waals surface area contributed by atoms with Crippen molar-refractivity contribution >= 4 is 22.4 Å². The van der Waals surface area contributed by atoms with Gasteiger partial charge >= 0.3 is 0 Å². The summed E-state index contributed by atoms with van der Waals surface area (Å²) in [4.78, 5) is 21.9. The van der Waals surface area contributed by atoms with Gasteiger partial charge in [0.15, 0.2) is 5.13 Å². The summed E-state index contributed by atoms with van der Waals surface area (Å²) in [7, 11) is 0. The van der Waals surface area contributed by atoms with E-state index in [1.165, 1.54) is 43.4 Å². The van der Waals surface area contributed by atoms with E-state index >= 15 is 0 Å². The van der Waals surface area contributed by atoms with Crippen LogP contribution >= 0.6 is 11.3 Å². The first-order valence-corrected chi connectivity index (χ1v) is 8.26. The van der Waals surface area contributed by atoms with Crippen LogP contribution in [0.5, 0.6) is 0 Å². The minimum atomic E-state index is 0.292. The Morgan fingerprint density at radius 2 is 2.10 bits per heavy atom. The molecule has 110 valence electrons. The Morgan fingerprint density at radius 3 is 2.75 bits per heavy atom. The molecule has 0 bridgehead atoms. The van der Waals surface area contributed by atoms with Crippen LogP contribution in [0.15, 0.2) is 6.20 Å². The molecule has 1 aromatic rings. The molecule has 2 heterocycles. The zero-order valence-corrected chi connectivity index (χ0v) is 12.6. The maximum atomic E-state index is 12.3. The van der Waals surface area contributed by atoms with Crippen molar-refractivity contribution in [2.45, 2.75) is 44.7 Å². The van der Waals surface area contributed by atoms with Crippen LogP contribution in [-0.2, 0) is 11.3 Å². The largest absolute Gasteiger partial charge is 0.375 e. The summed E-state index contributed by atoms with van der Waals surface area (Å²) in [5.74, 6) is 0.292. The Balaban J connectivity index is 1.55. The maximum Gasteiger partial charge on any atom is 0.237 e. The first-order chi connectivity index (χ1) is 9.72. The topological polar surface area (TPSA) is 62.5 Å². The number of nitrogen functional groups attached to an aromatic ring is 1. The molecule has 0 radical (unpaired) electrons. The van der Waals surface area contributed by atoms with Crippen molar-refractivity contribution in [2.24, 2.45) is 0 Å². The summed E-state index contributed by atoms with van der Waals surface area (Å²) in [6.45, 7) is 3.16. The maximum absolute atomic E-state index is 12.3. The number of hydrogen-bond acceptors (Lipinski definition) is 5. The molecular weight excluding hydrogens is 272 g/mol. The van der Waals surface area contributed by atoms with Gasteiger partial charge in [0.2, 0.25) is 5.91 Å². The van der Waals surface area contributed by atoms with E-state index in [-0.39, 0.29) is 0 Å². The number of amides is 1. The summed E-state index contributed by atoms with van der Waals surface area (Å²) >= 11 is 1.51. The second-order valence-corrected chi connectivity index (χ2v) is 6.90. The minimum absolute atomic E-state index is 0.292. The summed E-state index contributed by atoms with van der Waals surface area (Å²) < 4.78 is 0. The van der Waals surface area contributed by atoms with Gasteiger partial charge in [0, 0.05) is 36.8 Å². The summed E-state index contributed by atoms with van der Waals surface area (Å²) in [6.07, 6.45) is 8.08. The number of nitrogens with zero attached hydrogens (tertiary/aromatic N) is 3. The molecule has 1 aliphatic heterocycles. The number of carbonyl (C=O) groups excluding carboxylic acids is 1. The Kier molecular flexibility index (Phi) is 4.21. The molecule has 20 heavy (non-hydrogen) atoms. The first kappa shape index (κ1) is 13.8. The smallest absolute Gasteiger partial charge is 0.237 e. The molecule has 1 saturated heterocycles. The van der Waals surface area contributed by atoms with E-state index in [0.29, 0.717) is 23.6 Å². The Labute approximate surface area is 123 Å². The van der Waals surface area contributed by atoms with Crippen molar-refractivity contribution in [3.05, 3.63) is 11.1 Å². The van der Waals surface area contributed by atoms with E-state index in [1.54, 1.807) is 0 Å². The number of rotatable bonds is 3. The monoisotopic (exact) mass is 294 g/mol. The molecule has 1 aromatic heterocycles. The van der Waals surface area contributed by atoms with Crippen LogP contribution in [0.3, 0.4) is 0 Å². The van der Waals surface area contributed by atoms with Gasteiger partial charge < -0.3 is 10.6 Å². The lowest BCUT2D eigenvalue weighted by atomic mass is 9.93. The van der Waals surface area contributed by atoms with Crippen LogP contribution in [0.25, 0.3) is 0 Å². The molecule has 2 aliphatic rings. The van der Waals surface area contributed by atoms with Gasteiger partial charge in [-0.25, -0.2) is 4.98 Å². The highest BCUT2D eigenvalue weighted by atomic mass is 32.1. The molecular formula is C14H22N4OS. The number of anilines is 1. The quantitative estimate of drug-likeness (QED) is 0.921. The van der Waals surface area contributed by atoms with E-state index in [0.717, 1.165) is 24.5 Å². The highest BCUT2D eigenvalue weighted by Gasteiger charge is 2.30. The number of piperazine rings is 1. The van der Waals surface area contributed by atoms with E-state index in [2.05, 4.69) is 14.8 Å². The zero-order valence-electron chi connectivity index (χ0n) is 11.8. The lowest BCUT2D eigenvalue weighted by Crippen LogP contribution is -2.54. The molecule has 0 aromatic carbocycles. The van der Waals surface area contributed by atoms with Crippen LogP contribution in [0, 0.1) is 0 Å². The summed E-state index contributed by atoms with van der Waals surface area (Å²) in [6, 6.07) is 0.498. The van der Waals surface area contributed by atoms with Crippen molar-refractivity contribution < 1.29 is 4.79 Å². The van der Waals surface area contributed by atoms with Gasteiger partial charge in [-0.05, 0) is 12.8 Å². The van der Waals surface area contributed by atoms with Gasteiger partial charge in [0.1, 0.15) is 0 Å². The number of carbonyl (C=O) groups is 1. The summed E-state index contributed by atoms with van der Waals surface area (Å²) in [5, 5.41) is 0.604. The van der Waals surface area contributed by atoms with Crippen LogP contribution in [-0.4, -0.2) is 46.4 Å². The van der Waals surface area contributed by atoms with E-state index in [9.17, 15) is 4.79 Å². The van der Waals surface area contributed by atoms with Gasteiger partial charge in [-0.3, -0.25) is 9.69 Å². The second-order valence-electron chi connectivity index (χ2n) is 5.75.